The third-order valence-electron chi connectivity index (χ3n) is 3.29. The molecule has 0 unspecified atom stereocenters. The fraction of sp³-hybridized carbons (Fsp3) is 0.200. The number of halogens is 3. The van der Waals surface area contributed by atoms with Crippen molar-refractivity contribution in [1.29, 1.82) is 0 Å². The maximum atomic E-state index is 13.9. The minimum atomic E-state index is -1.11. The first-order valence-corrected chi connectivity index (χ1v) is 6.65. The first kappa shape index (κ1) is 17.4. The quantitative estimate of drug-likeness (QED) is 0.641. The average molecular weight is 342 g/mol. The molecule has 24 heavy (non-hydrogen) atoms. The SMILES string of the molecule is COc1cc(F)c([N+](=O)[O-])cc1NCc1c(OC)ccc(F)c1F. The average Bonchev–Trinajstić information content (AvgIpc) is 2.56. The summed E-state index contributed by atoms with van der Waals surface area (Å²) in [4.78, 5) is 9.91. The number of benzene rings is 2. The normalized spacial score (nSPS) is 10.4. The zero-order valence-corrected chi connectivity index (χ0v) is 12.7. The lowest BCUT2D eigenvalue weighted by molar-refractivity contribution is -0.387. The fourth-order valence-electron chi connectivity index (χ4n) is 2.11. The van der Waals surface area contributed by atoms with Crippen molar-refractivity contribution < 1.29 is 27.6 Å². The van der Waals surface area contributed by atoms with E-state index in [1.165, 1.54) is 20.3 Å². The van der Waals surface area contributed by atoms with Crippen molar-refractivity contribution >= 4 is 11.4 Å². The molecular weight excluding hydrogens is 329 g/mol. The lowest BCUT2D eigenvalue weighted by atomic mass is 10.1. The van der Waals surface area contributed by atoms with Crippen molar-refractivity contribution in [2.45, 2.75) is 6.54 Å². The van der Waals surface area contributed by atoms with Gasteiger partial charge in [0.2, 0.25) is 5.82 Å². The molecule has 0 amide bonds. The van der Waals surface area contributed by atoms with Crippen LogP contribution >= 0.6 is 0 Å². The number of hydrogen-bond donors (Lipinski definition) is 1. The lowest BCUT2D eigenvalue weighted by Gasteiger charge is -2.14. The Balaban J connectivity index is 2.38. The number of hydrogen-bond acceptors (Lipinski definition) is 5. The summed E-state index contributed by atoms with van der Waals surface area (Å²) < 4.78 is 50.8. The molecule has 0 bridgehead atoms. The zero-order chi connectivity index (χ0) is 17.9. The molecule has 0 aromatic heterocycles. The third kappa shape index (κ3) is 3.34. The molecule has 0 saturated heterocycles. The number of nitro groups is 1. The van der Waals surface area contributed by atoms with Crippen LogP contribution in [0.4, 0.5) is 24.5 Å². The lowest BCUT2D eigenvalue weighted by Crippen LogP contribution is -2.07. The molecule has 2 aromatic rings. The zero-order valence-electron chi connectivity index (χ0n) is 12.7. The summed E-state index contributed by atoms with van der Waals surface area (Å²) in [6, 6.07) is 3.91. The van der Waals surface area contributed by atoms with Crippen molar-refractivity contribution in [3.63, 3.8) is 0 Å². The summed E-state index contributed by atoms with van der Waals surface area (Å²) >= 11 is 0. The minimum Gasteiger partial charge on any atom is -0.496 e. The summed E-state index contributed by atoms with van der Waals surface area (Å²) in [5.41, 5.74) is -0.840. The van der Waals surface area contributed by atoms with Gasteiger partial charge in [0.25, 0.3) is 0 Å². The van der Waals surface area contributed by atoms with E-state index in [9.17, 15) is 23.3 Å². The second-order valence-corrected chi connectivity index (χ2v) is 4.66. The van der Waals surface area contributed by atoms with Gasteiger partial charge in [-0.2, -0.15) is 4.39 Å². The molecule has 1 N–H and O–H groups in total. The van der Waals surface area contributed by atoms with Crippen LogP contribution in [0.5, 0.6) is 11.5 Å². The van der Waals surface area contributed by atoms with E-state index in [1.807, 2.05) is 0 Å². The van der Waals surface area contributed by atoms with Crippen LogP contribution in [0, 0.1) is 27.6 Å². The number of nitro benzene ring substituents is 1. The number of methoxy groups -OCH3 is 2. The summed E-state index contributed by atoms with van der Waals surface area (Å²) in [7, 11) is 2.54. The molecule has 128 valence electrons. The minimum absolute atomic E-state index is 0.0196. The topological polar surface area (TPSA) is 73.6 Å². The molecule has 0 atom stereocenters. The summed E-state index contributed by atoms with van der Waals surface area (Å²) in [5.74, 6) is -3.18. The molecule has 0 saturated carbocycles. The number of rotatable bonds is 6. The monoisotopic (exact) mass is 342 g/mol. The Morgan fingerprint density at radius 3 is 2.33 bits per heavy atom. The van der Waals surface area contributed by atoms with Crippen molar-refractivity contribution in [2.24, 2.45) is 0 Å². The first-order chi connectivity index (χ1) is 11.4. The molecule has 0 aliphatic carbocycles. The number of anilines is 1. The number of nitrogens with zero attached hydrogens (tertiary/aromatic N) is 1. The van der Waals surface area contributed by atoms with Gasteiger partial charge in [-0.25, -0.2) is 8.78 Å². The Morgan fingerprint density at radius 2 is 1.75 bits per heavy atom. The molecule has 0 aliphatic heterocycles. The molecular formula is C15H13F3N2O4. The van der Waals surface area contributed by atoms with Gasteiger partial charge in [0.1, 0.15) is 11.5 Å². The Hall–Kier alpha value is -2.97. The first-order valence-electron chi connectivity index (χ1n) is 6.65. The second-order valence-electron chi connectivity index (χ2n) is 4.66. The van der Waals surface area contributed by atoms with Gasteiger partial charge in [-0.15, -0.1) is 0 Å². The predicted octanol–water partition coefficient (Wildman–Crippen LogP) is 3.64. The summed E-state index contributed by atoms with van der Waals surface area (Å²) in [6.07, 6.45) is 0. The molecule has 2 aromatic carbocycles. The standard InChI is InChI=1S/C15H13F3N2O4/c1-23-13-4-3-9(16)15(18)8(13)7-19-11-6-12(20(21)22)10(17)5-14(11)24-2/h3-6,19H,7H2,1-2H3. The van der Waals surface area contributed by atoms with E-state index in [0.29, 0.717) is 0 Å². The molecule has 0 spiro atoms. The molecule has 0 radical (unpaired) electrons. The van der Waals surface area contributed by atoms with E-state index < -0.39 is 28.1 Å². The highest BCUT2D eigenvalue weighted by Gasteiger charge is 2.20. The molecule has 6 nitrogen and oxygen atoms in total. The van der Waals surface area contributed by atoms with Gasteiger partial charge in [-0.05, 0) is 12.1 Å². The van der Waals surface area contributed by atoms with E-state index in [1.54, 1.807) is 0 Å². The molecule has 0 fully saturated rings. The van der Waals surface area contributed by atoms with Crippen molar-refractivity contribution in [3.8, 4) is 11.5 Å². The highest BCUT2D eigenvalue weighted by Crippen LogP contribution is 2.33. The van der Waals surface area contributed by atoms with Crippen LogP contribution in [0.25, 0.3) is 0 Å². The Labute approximate surface area is 135 Å². The Kier molecular flexibility index (Phi) is 5.12. The predicted molar refractivity (Wildman–Crippen MR) is 79.8 cm³/mol. The molecule has 9 heteroatoms. The van der Waals surface area contributed by atoms with Crippen LogP contribution in [-0.4, -0.2) is 19.1 Å². The van der Waals surface area contributed by atoms with E-state index in [4.69, 9.17) is 9.47 Å². The van der Waals surface area contributed by atoms with Gasteiger partial charge in [-0.1, -0.05) is 0 Å². The maximum absolute atomic E-state index is 13.9. The van der Waals surface area contributed by atoms with Crippen LogP contribution in [0.15, 0.2) is 24.3 Å². The van der Waals surface area contributed by atoms with Crippen LogP contribution in [0.1, 0.15) is 5.56 Å². The Morgan fingerprint density at radius 1 is 1.08 bits per heavy atom. The van der Waals surface area contributed by atoms with Crippen LogP contribution in [0.2, 0.25) is 0 Å². The van der Waals surface area contributed by atoms with Gasteiger partial charge in [-0.3, -0.25) is 10.1 Å². The fourth-order valence-corrected chi connectivity index (χ4v) is 2.11. The third-order valence-corrected chi connectivity index (χ3v) is 3.29. The summed E-state index contributed by atoms with van der Waals surface area (Å²) in [6.45, 7) is -0.258. The number of nitrogens with one attached hydrogen (secondary N) is 1. The van der Waals surface area contributed by atoms with Crippen molar-refractivity contribution in [1.82, 2.24) is 0 Å². The van der Waals surface area contributed by atoms with Crippen molar-refractivity contribution in [2.75, 3.05) is 19.5 Å². The van der Waals surface area contributed by atoms with E-state index in [-0.39, 0.29) is 29.3 Å². The maximum Gasteiger partial charge on any atom is 0.307 e. The molecule has 2 rings (SSSR count). The van der Waals surface area contributed by atoms with Crippen LogP contribution < -0.4 is 14.8 Å². The largest absolute Gasteiger partial charge is 0.496 e. The van der Waals surface area contributed by atoms with Gasteiger partial charge in [0, 0.05) is 18.7 Å². The summed E-state index contributed by atoms with van der Waals surface area (Å²) in [5, 5.41) is 13.5. The number of ether oxygens (including phenoxy) is 2. The molecule has 0 heterocycles. The van der Waals surface area contributed by atoms with E-state index in [2.05, 4.69) is 5.32 Å². The highest BCUT2D eigenvalue weighted by atomic mass is 19.2. The van der Waals surface area contributed by atoms with Gasteiger partial charge < -0.3 is 14.8 Å². The highest BCUT2D eigenvalue weighted by molar-refractivity contribution is 5.62. The van der Waals surface area contributed by atoms with E-state index in [0.717, 1.165) is 18.2 Å². The smallest absolute Gasteiger partial charge is 0.307 e. The van der Waals surface area contributed by atoms with Gasteiger partial charge in [0.05, 0.1) is 30.4 Å². The molecule has 0 aliphatic rings. The van der Waals surface area contributed by atoms with E-state index >= 15 is 0 Å². The Bertz CT molecular complexity index is 784. The van der Waals surface area contributed by atoms with Gasteiger partial charge >= 0.3 is 5.69 Å². The van der Waals surface area contributed by atoms with Crippen molar-refractivity contribution in [3.05, 3.63) is 57.4 Å². The van der Waals surface area contributed by atoms with Crippen LogP contribution in [0.3, 0.4) is 0 Å². The van der Waals surface area contributed by atoms with Crippen LogP contribution in [-0.2, 0) is 6.54 Å². The second kappa shape index (κ2) is 7.07. The van der Waals surface area contributed by atoms with Gasteiger partial charge in [0.15, 0.2) is 11.6 Å².